The molecular weight excluding hydrogens is 414 g/mol. The highest BCUT2D eigenvalue weighted by atomic mass is 35.5. The van der Waals surface area contributed by atoms with Gasteiger partial charge in [-0.15, -0.1) is 0 Å². The number of aromatic nitrogens is 2. The summed E-state index contributed by atoms with van der Waals surface area (Å²) in [5, 5.41) is 7.46. The minimum atomic E-state index is -0.520. The number of fused-ring (bicyclic) bond motifs is 1. The Hall–Kier alpha value is -3.16. The predicted molar refractivity (Wildman–Crippen MR) is 121 cm³/mol. The first-order valence-electron chi connectivity index (χ1n) is 10.1. The SMILES string of the molecule is C[C@@H](CN[C@H](c1ccccc1)[C@@H]1CNc2cc(C(N)=O)cnc2O1)c1ccc(Cl)nc1. The molecule has 0 saturated heterocycles. The highest BCUT2D eigenvalue weighted by Gasteiger charge is 2.30. The maximum atomic E-state index is 11.4. The Labute approximate surface area is 186 Å². The maximum absolute atomic E-state index is 11.4. The molecule has 0 bridgehead atoms. The number of halogens is 1. The van der Waals surface area contributed by atoms with Crippen LogP contribution in [-0.2, 0) is 0 Å². The molecule has 8 heteroatoms. The molecule has 3 heterocycles. The first kappa shape index (κ1) is 21.1. The summed E-state index contributed by atoms with van der Waals surface area (Å²) < 4.78 is 6.22. The van der Waals surface area contributed by atoms with E-state index in [4.69, 9.17) is 22.1 Å². The fourth-order valence-electron chi connectivity index (χ4n) is 3.61. The van der Waals surface area contributed by atoms with Crippen LogP contribution in [0.15, 0.2) is 60.9 Å². The number of benzene rings is 1. The summed E-state index contributed by atoms with van der Waals surface area (Å²) in [5.74, 6) is 0.170. The van der Waals surface area contributed by atoms with Crippen molar-refractivity contribution in [3.05, 3.63) is 82.8 Å². The second-order valence-corrected chi connectivity index (χ2v) is 7.98. The van der Waals surface area contributed by atoms with Gasteiger partial charge < -0.3 is 21.1 Å². The van der Waals surface area contributed by atoms with E-state index < -0.39 is 5.91 Å². The Morgan fingerprint density at radius 3 is 2.74 bits per heavy atom. The molecule has 31 heavy (non-hydrogen) atoms. The Morgan fingerprint density at radius 1 is 1.23 bits per heavy atom. The van der Waals surface area contributed by atoms with E-state index in [1.54, 1.807) is 18.3 Å². The van der Waals surface area contributed by atoms with Crippen molar-refractivity contribution in [2.75, 3.05) is 18.4 Å². The number of carbonyl (C=O) groups is 1. The van der Waals surface area contributed by atoms with E-state index in [2.05, 4.69) is 39.7 Å². The number of pyridine rings is 2. The van der Waals surface area contributed by atoms with Crippen molar-refractivity contribution in [2.45, 2.75) is 25.0 Å². The third-order valence-corrected chi connectivity index (χ3v) is 5.61. The second kappa shape index (κ2) is 9.32. The maximum Gasteiger partial charge on any atom is 0.250 e. The van der Waals surface area contributed by atoms with Gasteiger partial charge in [0.1, 0.15) is 11.3 Å². The van der Waals surface area contributed by atoms with E-state index >= 15 is 0 Å². The van der Waals surface area contributed by atoms with Crippen molar-refractivity contribution in [1.82, 2.24) is 15.3 Å². The van der Waals surface area contributed by atoms with Crippen LogP contribution in [0.25, 0.3) is 0 Å². The van der Waals surface area contributed by atoms with Crippen molar-refractivity contribution in [1.29, 1.82) is 0 Å². The molecule has 7 nitrogen and oxygen atoms in total. The van der Waals surface area contributed by atoms with Crippen LogP contribution in [0.1, 0.15) is 40.4 Å². The van der Waals surface area contributed by atoms with E-state index in [1.165, 1.54) is 6.20 Å². The molecule has 0 aliphatic carbocycles. The molecule has 3 aromatic rings. The highest BCUT2D eigenvalue weighted by molar-refractivity contribution is 6.29. The third-order valence-electron chi connectivity index (χ3n) is 5.39. The highest BCUT2D eigenvalue weighted by Crippen LogP contribution is 2.32. The van der Waals surface area contributed by atoms with E-state index in [9.17, 15) is 4.79 Å². The van der Waals surface area contributed by atoms with Gasteiger partial charge in [-0.1, -0.05) is 54.9 Å². The van der Waals surface area contributed by atoms with Crippen LogP contribution in [0.3, 0.4) is 0 Å². The number of hydrogen-bond acceptors (Lipinski definition) is 6. The normalized spacial score (nSPS) is 17.0. The van der Waals surface area contributed by atoms with Crippen LogP contribution in [-0.4, -0.2) is 35.1 Å². The Kier molecular flexibility index (Phi) is 6.34. The zero-order valence-electron chi connectivity index (χ0n) is 17.1. The van der Waals surface area contributed by atoms with Crippen molar-refractivity contribution >= 4 is 23.2 Å². The number of ether oxygens (including phenoxy) is 1. The summed E-state index contributed by atoms with van der Waals surface area (Å²) in [6, 6.07) is 15.6. The van der Waals surface area contributed by atoms with Gasteiger partial charge in [-0.05, 0) is 29.2 Å². The lowest BCUT2D eigenvalue weighted by Crippen LogP contribution is -2.43. The van der Waals surface area contributed by atoms with Gasteiger partial charge in [0.25, 0.3) is 0 Å². The summed E-state index contributed by atoms with van der Waals surface area (Å²) in [6.07, 6.45) is 3.05. The first-order valence-corrected chi connectivity index (χ1v) is 10.5. The predicted octanol–water partition coefficient (Wildman–Crippen LogP) is 3.54. The number of rotatable bonds is 7. The molecule has 1 amide bonds. The van der Waals surface area contributed by atoms with Gasteiger partial charge >= 0.3 is 0 Å². The first-order chi connectivity index (χ1) is 15.0. The molecule has 3 atom stereocenters. The van der Waals surface area contributed by atoms with Crippen molar-refractivity contribution < 1.29 is 9.53 Å². The molecular formula is C23H24ClN5O2. The van der Waals surface area contributed by atoms with Crippen LogP contribution in [0, 0.1) is 0 Å². The largest absolute Gasteiger partial charge is 0.469 e. The Bertz CT molecular complexity index is 1050. The lowest BCUT2D eigenvalue weighted by atomic mass is 9.97. The van der Waals surface area contributed by atoms with Gasteiger partial charge in [0, 0.05) is 18.9 Å². The van der Waals surface area contributed by atoms with Crippen LogP contribution in [0.4, 0.5) is 5.69 Å². The molecule has 160 valence electrons. The van der Waals surface area contributed by atoms with Gasteiger partial charge in [-0.2, -0.15) is 0 Å². The minimum absolute atomic E-state index is 0.0674. The van der Waals surface area contributed by atoms with Gasteiger partial charge in [0.2, 0.25) is 11.8 Å². The van der Waals surface area contributed by atoms with Crippen LogP contribution in [0.5, 0.6) is 5.88 Å². The summed E-state index contributed by atoms with van der Waals surface area (Å²) in [7, 11) is 0. The second-order valence-electron chi connectivity index (χ2n) is 7.59. The van der Waals surface area contributed by atoms with Gasteiger partial charge in [-0.3, -0.25) is 4.79 Å². The van der Waals surface area contributed by atoms with E-state index in [0.717, 1.165) is 17.7 Å². The lowest BCUT2D eigenvalue weighted by molar-refractivity contribution is 0.0999. The van der Waals surface area contributed by atoms with Gasteiger partial charge in [-0.25, -0.2) is 9.97 Å². The van der Waals surface area contributed by atoms with Crippen molar-refractivity contribution in [2.24, 2.45) is 5.73 Å². The fourth-order valence-corrected chi connectivity index (χ4v) is 3.73. The molecule has 2 aromatic heterocycles. The molecule has 0 unspecified atom stereocenters. The summed E-state index contributed by atoms with van der Waals surface area (Å²) in [4.78, 5) is 19.9. The van der Waals surface area contributed by atoms with E-state index in [0.29, 0.717) is 28.8 Å². The van der Waals surface area contributed by atoms with Crippen molar-refractivity contribution in [3.63, 3.8) is 0 Å². The summed E-state index contributed by atoms with van der Waals surface area (Å²) in [6.45, 7) is 3.42. The molecule has 1 aliphatic rings. The topological polar surface area (TPSA) is 102 Å². The summed E-state index contributed by atoms with van der Waals surface area (Å²) in [5.41, 5.74) is 8.59. The zero-order chi connectivity index (χ0) is 21.8. The zero-order valence-corrected chi connectivity index (χ0v) is 17.8. The number of primary amides is 1. The van der Waals surface area contributed by atoms with E-state index in [-0.39, 0.29) is 18.1 Å². The standard InChI is InChI=1S/C23H24ClN5O2/c1-14(16-7-8-20(24)27-11-16)10-28-21(15-5-3-2-4-6-15)19-13-26-18-9-17(22(25)30)12-29-23(18)31-19/h2-9,11-12,14,19,21,26,28H,10,13H2,1H3,(H2,25,30)/t14-,19-,21+/m0/s1. The molecule has 0 spiro atoms. The van der Waals surface area contributed by atoms with Gasteiger partial charge in [0.15, 0.2) is 0 Å². The molecule has 1 aromatic carbocycles. The molecule has 0 saturated carbocycles. The average Bonchev–Trinajstić information content (AvgIpc) is 2.79. The lowest BCUT2D eigenvalue weighted by Gasteiger charge is -2.34. The Balaban J connectivity index is 1.52. The number of nitrogens with zero attached hydrogens (tertiary/aromatic N) is 2. The summed E-state index contributed by atoms with van der Waals surface area (Å²) >= 11 is 5.91. The average molecular weight is 438 g/mol. The quantitative estimate of drug-likeness (QED) is 0.488. The number of amides is 1. The number of anilines is 1. The van der Waals surface area contributed by atoms with E-state index in [1.807, 2.05) is 24.3 Å². The number of nitrogens with one attached hydrogen (secondary N) is 2. The van der Waals surface area contributed by atoms with Crippen LogP contribution >= 0.6 is 11.6 Å². The minimum Gasteiger partial charge on any atom is -0.469 e. The Morgan fingerprint density at radius 2 is 2.03 bits per heavy atom. The smallest absolute Gasteiger partial charge is 0.250 e. The number of hydrogen-bond donors (Lipinski definition) is 3. The fraction of sp³-hybridized carbons (Fsp3) is 0.261. The molecule has 4 N–H and O–H groups in total. The van der Waals surface area contributed by atoms with Gasteiger partial charge in [0.05, 0.1) is 23.8 Å². The third kappa shape index (κ3) is 4.95. The molecule has 1 aliphatic heterocycles. The van der Waals surface area contributed by atoms with Crippen LogP contribution < -0.4 is 21.1 Å². The molecule has 0 radical (unpaired) electrons. The molecule has 0 fully saturated rings. The number of carbonyl (C=O) groups excluding carboxylic acids is 1. The van der Waals surface area contributed by atoms with Crippen LogP contribution in [0.2, 0.25) is 5.15 Å². The number of nitrogens with two attached hydrogens (primary N) is 1. The van der Waals surface area contributed by atoms with Crippen molar-refractivity contribution in [3.8, 4) is 5.88 Å². The molecule has 4 rings (SSSR count). The monoisotopic (exact) mass is 437 g/mol.